The maximum absolute atomic E-state index is 12.1. The maximum Gasteiger partial charge on any atom is 0.232 e. The molecule has 0 bridgehead atoms. The summed E-state index contributed by atoms with van der Waals surface area (Å²) in [6.45, 7) is 4.60. The molecule has 0 atom stereocenters. The molecule has 2 aromatic rings. The van der Waals surface area contributed by atoms with Gasteiger partial charge in [-0.05, 0) is 12.5 Å². The van der Waals surface area contributed by atoms with Gasteiger partial charge in [0.25, 0.3) is 0 Å². The van der Waals surface area contributed by atoms with Crippen LogP contribution in [0.4, 0.5) is 5.13 Å². The van der Waals surface area contributed by atoms with Gasteiger partial charge in [-0.15, -0.1) is 11.3 Å². The number of benzene rings is 1. The monoisotopic (exact) mass is 329 g/mol. The number of likely N-dealkylation sites (tertiary alicyclic amines) is 1. The minimum Gasteiger partial charge on any atom is -0.341 e. The lowest BCUT2D eigenvalue weighted by Gasteiger charge is -2.37. The second kappa shape index (κ2) is 6.50. The number of hydrogen-bond donors (Lipinski definition) is 1. The van der Waals surface area contributed by atoms with E-state index in [0.29, 0.717) is 18.2 Å². The molecule has 1 aliphatic rings. The van der Waals surface area contributed by atoms with Crippen molar-refractivity contribution >= 4 is 28.3 Å². The second-order valence-corrected chi connectivity index (χ2v) is 7.02. The topological polar surface area (TPSA) is 62.3 Å². The van der Waals surface area contributed by atoms with Crippen molar-refractivity contribution in [2.75, 3.05) is 18.4 Å². The fraction of sp³-hybridized carbons (Fsp3) is 0.353. The number of amides is 2. The zero-order valence-electron chi connectivity index (χ0n) is 13.2. The highest BCUT2D eigenvalue weighted by molar-refractivity contribution is 7.15. The molecule has 1 aliphatic heterocycles. The van der Waals surface area contributed by atoms with Gasteiger partial charge < -0.3 is 10.2 Å². The van der Waals surface area contributed by atoms with Crippen LogP contribution in [0.25, 0.3) is 0 Å². The minimum atomic E-state index is -0.122. The van der Waals surface area contributed by atoms with Gasteiger partial charge in [-0.2, -0.15) is 0 Å². The summed E-state index contributed by atoms with van der Waals surface area (Å²) in [5.74, 6) is -0.161. The van der Waals surface area contributed by atoms with Gasteiger partial charge in [0, 0.05) is 37.5 Å². The molecule has 1 aromatic carbocycles. The smallest absolute Gasteiger partial charge is 0.232 e. The number of thiazole rings is 1. The van der Waals surface area contributed by atoms with E-state index < -0.39 is 0 Å². The first-order chi connectivity index (χ1) is 11.0. The van der Waals surface area contributed by atoms with Gasteiger partial charge in [0.2, 0.25) is 11.8 Å². The van der Waals surface area contributed by atoms with E-state index in [0.717, 1.165) is 11.3 Å². The first kappa shape index (κ1) is 15.7. The van der Waals surface area contributed by atoms with Crippen LogP contribution in [0.5, 0.6) is 0 Å². The number of aromatic nitrogens is 1. The summed E-state index contributed by atoms with van der Waals surface area (Å²) in [4.78, 5) is 30.3. The minimum absolute atomic E-state index is 0.0174. The van der Waals surface area contributed by atoms with Gasteiger partial charge in [-0.3, -0.25) is 9.59 Å². The molecule has 0 saturated carbocycles. The average molecular weight is 329 g/mol. The molecule has 3 rings (SSSR count). The zero-order chi connectivity index (χ0) is 16.4. The van der Waals surface area contributed by atoms with E-state index in [9.17, 15) is 9.59 Å². The number of nitrogens with zero attached hydrogens (tertiary/aromatic N) is 2. The molecule has 2 heterocycles. The largest absolute Gasteiger partial charge is 0.341 e. The van der Waals surface area contributed by atoms with E-state index in [1.807, 2.05) is 12.3 Å². The van der Waals surface area contributed by atoms with Crippen molar-refractivity contribution in [1.82, 2.24) is 9.88 Å². The summed E-state index contributed by atoms with van der Waals surface area (Å²) >= 11 is 1.50. The quantitative estimate of drug-likeness (QED) is 0.937. The van der Waals surface area contributed by atoms with E-state index in [1.54, 1.807) is 4.90 Å². The Morgan fingerprint density at radius 1 is 1.39 bits per heavy atom. The van der Waals surface area contributed by atoms with Gasteiger partial charge in [-0.1, -0.05) is 29.8 Å². The van der Waals surface area contributed by atoms with Crippen LogP contribution in [0.1, 0.15) is 22.9 Å². The van der Waals surface area contributed by atoms with Gasteiger partial charge >= 0.3 is 0 Å². The Kier molecular flexibility index (Phi) is 4.43. The lowest BCUT2D eigenvalue weighted by molar-refractivity contribution is -0.139. The molecule has 23 heavy (non-hydrogen) atoms. The summed E-state index contributed by atoms with van der Waals surface area (Å²) in [6.07, 6.45) is 2.63. The number of nitrogens with one attached hydrogen (secondary N) is 1. The number of rotatable bonds is 4. The van der Waals surface area contributed by atoms with Gasteiger partial charge in [0.15, 0.2) is 5.13 Å². The zero-order valence-corrected chi connectivity index (χ0v) is 14.0. The SMILES string of the molecule is CC(=O)N1CC(C(=O)Nc2ncc(Cc3cccc(C)c3)s2)C1. The molecule has 1 saturated heterocycles. The molecule has 0 radical (unpaired) electrons. The fourth-order valence-corrected chi connectivity index (χ4v) is 3.43. The van der Waals surface area contributed by atoms with Crippen LogP contribution < -0.4 is 5.32 Å². The highest BCUT2D eigenvalue weighted by atomic mass is 32.1. The van der Waals surface area contributed by atoms with Crippen molar-refractivity contribution in [3.8, 4) is 0 Å². The molecule has 6 heteroatoms. The molecular weight excluding hydrogens is 310 g/mol. The summed E-state index contributed by atoms with van der Waals surface area (Å²) in [5, 5.41) is 3.48. The standard InChI is InChI=1S/C17H19N3O2S/c1-11-4-3-5-13(6-11)7-15-8-18-17(23-15)19-16(22)14-9-20(10-14)12(2)21/h3-6,8,14H,7,9-10H2,1-2H3,(H,18,19,22). The number of hydrogen-bond acceptors (Lipinski definition) is 4. The Balaban J connectivity index is 1.55. The first-order valence-corrected chi connectivity index (χ1v) is 8.39. The second-order valence-electron chi connectivity index (χ2n) is 5.91. The number of anilines is 1. The van der Waals surface area contributed by atoms with Crippen LogP contribution in [-0.4, -0.2) is 34.8 Å². The van der Waals surface area contributed by atoms with Crippen molar-refractivity contribution in [1.29, 1.82) is 0 Å². The first-order valence-electron chi connectivity index (χ1n) is 7.58. The predicted octanol–water partition coefficient (Wildman–Crippen LogP) is 2.46. The highest BCUT2D eigenvalue weighted by Gasteiger charge is 2.34. The Hall–Kier alpha value is -2.21. The average Bonchev–Trinajstić information content (AvgIpc) is 2.83. The van der Waals surface area contributed by atoms with Crippen molar-refractivity contribution < 1.29 is 9.59 Å². The summed E-state index contributed by atoms with van der Waals surface area (Å²) < 4.78 is 0. The van der Waals surface area contributed by atoms with Crippen molar-refractivity contribution in [2.45, 2.75) is 20.3 Å². The predicted molar refractivity (Wildman–Crippen MR) is 90.5 cm³/mol. The lowest BCUT2D eigenvalue weighted by atomic mass is 9.99. The van der Waals surface area contributed by atoms with Crippen LogP contribution in [0.2, 0.25) is 0 Å². The third kappa shape index (κ3) is 3.76. The third-order valence-electron chi connectivity index (χ3n) is 3.94. The Labute approximate surface area is 139 Å². The molecule has 120 valence electrons. The van der Waals surface area contributed by atoms with Crippen LogP contribution in [0.3, 0.4) is 0 Å². The van der Waals surface area contributed by atoms with E-state index in [2.05, 4.69) is 35.4 Å². The van der Waals surface area contributed by atoms with E-state index in [4.69, 9.17) is 0 Å². The van der Waals surface area contributed by atoms with Crippen molar-refractivity contribution in [3.05, 3.63) is 46.5 Å². The normalized spacial score (nSPS) is 14.4. The molecule has 2 amide bonds. The number of carbonyl (C=O) groups is 2. The van der Waals surface area contributed by atoms with Crippen molar-refractivity contribution in [2.24, 2.45) is 5.92 Å². The summed E-state index contributed by atoms with van der Waals surface area (Å²) in [6, 6.07) is 8.37. The Bertz CT molecular complexity index is 735. The summed E-state index contributed by atoms with van der Waals surface area (Å²) in [5.41, 5.74) is 2.48. The third-order valence-corrected chi connectivity index (χ3v) is 4.85. The fourth-order valence-electron chi connectivity index (χ4n) is 2.58. The Morgan fingerprint density at radius 2 is 2.17 bits per heavy atom. The van der Waals surface area contributed by atoms with Gasteiger partial charge in [0.05, 0.1) is 5.92 Å². The van der Waals surface area contributed by atoms with Gasteiger partial charge in [0.1, 0.15) is 0 Å². The van der Waals surface area contributed by atoms with Crippen LogP contribution >= 0.6 is 11.3 Å². The van der Waals surface area contributed by atoms with E-state index >= 15 is 0 Å². The molecule has 0 spiro atoms. The molecule has 1 N–H and O–H groups in total. The number of carbonyl (C=O) groups excluding carboxylic acids is 2. The summed E-state index contributed by atoms with van der Waals surface area (Å²) in [7, 11) is 0. The van der Waals surface area contributed by atoms with E-state index in [-0.39, 0.29) is 17.7 Å². The lowest BCUT2D eigenvalue weighted by Crippen LogP contribution is -2.53. The van der Waals surface area contributed by atoms with Crippen molar-refractivity contribution in [3.63, 3.8) is 0 Å². The Morgan fingerprint density at radius 3 is 2.87 bits per heavy atom. The molecule has 1 fully saturated rings. The number of aryl methyl sites for hydroxylation is 1. The van der Waals surface area contributed by atoms with Crippen LogP contribution in [0.15, 0.2) is 30.5 Å². The molecule has 0 unspecified atom stereocenters. The molecule has 5 nitrogen and oxygen atoms in total. The van der Waals surface area contributed by atoms with Crippen LogP contribution in [0, 0.1) is 12.8 Å². The highest BCUT2D eigenvalue weighted by Crippen LogP contribution is 2.23. The molecule has 1 aromatic heterocycles. The molecule has 0 aliphatic carbocycles. The van der Waals surface area contributed by atoms with Gasteiger partial charge in [-0.25, -0.2) is 4.98 Å². The maximum atomic E-state index is 12.1. The van der Waals surface area contributed by atoms with Crippen LogP contribution in [-0.2, 0) is 16.0 Å². The molecular formula is C17H19N3O2S. The van der Waals surface area contributed by atoms with E-state index in [1.165, 1.54) is 29.4 Å².